The Morgan fingerprint density at radius 2 is 1.52 bits per heavy atom. The first-order valence-electron chi connectivity index (χ1n) is 9.48. The van der Waals surface area contributed by atoms with Gasteiger partial charge in [0.2, 0.25) is 5.91 Å². The van der Waals surface area contributed by atoms with Gasteiger partial charge in [0.25, 0.3) is 0 Å². The number of benzene rings is 2. The summed E-state index contributed by atoms with van der Waals surface area (Å²) in [6.07, 6.45) is 0.525. The molecule has 0 spiro atoms. The summed E-state index contributed by atoms with van der Waals surface area (Å²) in [5.41, 5.74) is 1.87. The molecule has 4 nitrogen and oxygen atoms in total. The highest BCUT2D eigenvalue weighted by molar-refractivity contribution is 7.91. The Bertz CT molecular complexity index is 823. The van der Waals surface area contributed by atoms with E-state index in [4.69, 9.17) is 0 Å². The van der Waals surface area contributed by atoms with Crippen LogP contribution < -0.4 is 0 Å². The van der Waals surface area contributed by atoms with Crippen molar-refractivity contribution in [3.05, 3.63) is 71.8 Å². The summed E-state index contributed by atoms with van der Waals surface area (Å²) in [7, 11) is -3.06. The number of sulfone groups is 1. The largest absolute Gasteiger partial charge is 0.338 e. The maximum Gasteiger partial charge on any atom is 0.234 e. The van der Waals surface area contributed by atoms with Gasteiger partial charge in [-0.15, -0.1) is 0 Å². The molecule has 1 amide bonds. The van der Waals surface area contributed by atoms with Crippen molar-refractivity contribution in [1.29, 1.82) is 0 Å². The maximum atomic E-state index is 13.7. The number of amides is 1. The maximum absolute atomic E-state index is 13.7. The molecule has 1 heterocycles. The van der Waals surface area contributed by atoms with Gasteiger partial charge in [0, 0.05) is 12.6 Å². The molecule has 1 atom stereocenters. The second-order valence-electron chi connectivity index (χ2n) is 7.70. The molecular weight excluding hydrogens is 358 g/mol. The topological polar surface area (TPSA) is 54.5 Å². The molecule has 0 aliphatic carbocycles. The summed E-state index contributed by atoms with van der Waals surface area (Å²) in [4.78, 5) is 15.5. The van der Waals surface area contributed by atoms with Crippen molar-refractivity contribution in [3.8, 4) is 0 Å². The number of carbonyl (C=O) groups is 1. The Balaban J connectivity index is 1.99. The molecule has 0 radical (unpaired) electrons. The Kier molecular flexibility index (Phi) is 6.00. The second-order valence-corrected chi connectivity index (χ2v) is 9.92. The first-order valence-corrected chi connectivity index (χ1v) is 11.3. The lowest BCUT2D eigenvalue weighted by atomic mass is 9.89. The second kappa shape index (κ2) is 8.26. The molecule has 1 saturated heterocycles. The lowest BCUT2D eigenvalue weighted by Gasteiger charge is -2.33. The molecule has 0 saturated carbocycles. The first-order chi connectivity index (χ1) is 12.9. The fraction of sp³-hybridized carbons (Fsp3) is 0.409. The van der Waals surface area contributed by atoms with Crippen molar-refractivity contribution in [1.82, 2.24) is 4.90 Å². The molecule has 1 aliphatic heterocycles. The molecule has 2 aromatic carbocycles. The lowest BCUT2D eigenvalue weighted by molar-refractivity contribution is -0.134. The molecule has 0 unspecified atom stereocenters. The van der Waals surface area contributed by atoms with Gasteiger partial charge in [-0.05, 0) is 23.5 Å². The summed E-state index contributed by atoms with van der Waals surface area (Å²) < 4.78 is 24.1. The molecule has 1 aliphatic rings. The van der Waals surface area contributed by atoms with Gasteiger partial charge in [-0.25, -0.2) is 8.42 Å². The standard InChI is InChI=1S/C22H27NO3S/c1-17(2)15-23(20-13-14-27(25,26)16-20)22(24)21(18-9-5-3-6-10-18)19-11-7-4-8-12-19/h3-12,17,20-21H,13-16H2,1-2H3/t20-/m0/s1. The van der Waals surface area contributed by atoms with Crippen LogP contribution in [0.2, 0.25) is 0 Å². The number of rotatable bonds is 6. The minimum absolute atomic E-state index is 0.0109. The van der Waals surface area contributed by atoms with Gasteiger partial charge in [0.05, 0.1) is 17.4 Å². The predicted molar refractivity (Wildman–Crippen MR) is 108 cm³/mol. The third-order valence-electron chi connectivity index (χ3n) is 5.01. The summed E-state index contributed by atoms with van der Waals surface area (Å²) in [6.45, 7) is 4.68. The lowest BCUT2D eigenvalue weighted by Crippen LogP contribution is -2.45. The van der Waals surface area contributed by atoms with Crippen molar-refractivity contribution in [2.24, 2.45) is 5.92 Å². The zero-order valence-electron chi connectivity index (χ0n) is 15.9. The fourth-order valence-corrected chi connectivity index (χ4v) is 5.50. The minimum Gasteiger partial charge on any atom is -0.338 e. The minimum atomic E-state index is -3.06. The molecule has 144 valence electrons. The van der Waals surface area contributed by atoms with E-state index in [1.807, 2.05) is 65.6 Å². The van der Waals surface area contributed by atoms with Crippen molar-refractivity contribution < 1.29 is 13.2 Å². The van der Waals surface area contributed by atoms with E-state index in [0.29, 0.717) is 13.0 Å². The highest BCUT2D eigenvalue weighted by Gasteiger charge is 2.38. The molecular formula is C22H27NO3S. The average molecular weight is 386 g/mol. The van der Waals surface area contributed by atoms with Gasteiger partial charge in [0.1, 0.15) is 0 Å². The van der Waals surface area contributed by atoms with Crippen LogP contribution in [0.5, 0.6) is 0 Å². The van der Waals surface area contributed by atoms with Crippen LogP contribution in [0, 0.1) is 5.92 Å². The van der Waals surface area contributed by atoms with E-state index in [1.165, 1.54) is 0 Å². The summed E-state index contributed by atoms with van der Waals surface area (Å²) >= 11 is 0. The Labute approximate surface area is 162 Å². The third kappa shape index (κ3) is 4.78. The first kappa shape index (κ1) is 19.6. The van der Waals surface area contributed by atoms with Crippen LogP contribution in [0.1, 0.15) is 37.3 Å². The van der Waals surface area contributed by atoms with Gasteiger partial charge < -0.3 is 4.90 Å². The van der Waals surface area contributed by atoms with E-state index in [-0.39, 0.29) is 29.4 Å². The highest BCUT2D eigenvalue weighted by Crippen LogP contribution is 2.30. The van der Waals surface area contributed by atoms with Crippen molar-refractivity contribution in [2.75, 3.05) is 18.1 Å². The average Bonchev–Trinajstić information content (AvgIpc) is 3.01. The SMILES string of the molecule is CC(C)CN(C(=O)C(c1ccccc1)c1ccccc1)[C@H]1CCS(=O)(=O)C1. The van der Waals surface area contributed by atoms with Gasteiger partial charge in [-0.3, -0.25) is 4.79 Å². The molecule has 27 heavy (non-hydrogen) atoms. The van der Waals surface area contributed by atoms with E-state index in [1.54, 1.807) is 0 Å². The van der Waals surface area contributed by atoms with Crippen LogP contribution in [0.15, 0.2) is 60.7 Å². The molecule has 0 bridgehead atoms. The molecule has 0 aromatic heterocycles. The fourth-order valence-electron chi connectivity index (χ4n) is 3.77. The van der Waals surface area contributed by atoms with Crippen LogP contribution in [-0.2, 0) is 14.6 Å². The number of carbonyl (C=O) groups excluding carboxylic acids is 1. The molecule has 2 aromatic rings. The number of hydrogen-bond donors (Lipinski definition) is 0. The van der Waals surface area contributed by atoms with Crippen LogP contribution in [-0.4, -0.2) is 43.3 Å². The quantitative estimate of drug-likeness (QED) is 0.765. The van der Waals surface area contributed by atoms with E-state index in [9.17, 15) is 13.2 Å². The number of nitrogens with zero attached hydrogens (tertiary/aromatic N) is 1. The van der Waals surface area contributed by atoms with Crippen LogP contribution >= 0.6 is 0 Å². The predicted octanol–water partition coefficient (Wildman–Crippen LogP) is 3.49. The highest BCUT2D eigenvalue weighted by atomic mass is 32.2. The van der Waals surface area contributed by atoms with E-state index < -0.39 is 15.8 Å². The zero-order chi connectivity index (χ0) is 19.4. The Morgan fingerprint density at radius 1 is 1.00 bits per heavy atom. The van der Waals surface area contributed by atoms with Gasteiger partial charge in [-0.1, -0.05) is 74.5 Å². The molecule has 3 rings (SSSR count). The van der Waals surface area contributed by atoms with Crippen molar-refractivity contribution >= 4 is 15.7 Å². The zero-order valence-corrected chi connectivity index (χ0v) is 16.7. The molecule has 5 heteroatoms. The Hall–Kier alpha value is -2.14. The number of hydrogen-bond acceptors (Lipinski definition) is 3. The summed E-state index contributed by atoms with van der Waals surface area (Å²) in [5, 5.41) is 0. The van der Waals surface area contributed by atoms with Gasteiger partial charge in [0.15, 0.2) is 9.84 Å². The van der Waals surface area contributed by atoms with Crippen LogP contribution in [0.3, 0.4) is 0 Å². The van der Waals surface area contributed by atoms with Crippen LogP contribution in [0.4, 0.5) is 0 Å². The molecule has 0 N–H and O–H groups in total. The van der Waals surface area contributed by atoms with Gasteiger partial charge >= 0.3 is 0 Å². The van der Waals surface area contributed by atoms with E-state index >= 15 is 0 Å². The summed E-state index contributed by atoms with van der Waals surface area (Å²) in [5.74, 6) is 0.0740. The van der Waals surface area contributed by atoms with Crippen LogP contribution in [0.25, 0.3) is 0 Å². The Morgan fingerprint density at radius 3 is 1.93 bits per heavy atom. The smallest absolute Gasteiger partial charge is 0.234 e. The van der Waals surface area contributed by atoms with E-state index in [0.717, 1.165) is 11.1 Å². The monoisotopic (exact) mass is 385 g/mol. The summed E-state index contributed by atoms with van der Waals surface area (Å²) in [6, 6.07) is 19.2. The van der Waals surface area contributed by atoms with Crippen molar-refractivity contribution in [3.63, 3.8) is 0 Å². The van der Waals surface area contributed by atoms with Crippen molar-refractivity contribution in [2.45, 2.75) is 32.2 Å². The van der Waals surface area contributed by atoms with Gasteiger partial charge in [-0.2, -0.15) is 0 Å². The van der Waals surface area contributed by atoms with E-state index in [2.05, 4.69) is 13.8 Å². The third-order valence-corrected chi connectivity index (χ3v) is 6.76. The normalized spacial score (nSPS) is 18.7. The molecule has 1 fully saturated rings.